The molecule has 0 bridgehead atoms. The maximum Gasteiger partial charge on any atom is 0.177 e. The zero-order valence-corrected chi connectivity index (χ0v) is 18.1. The second-order valence-electron chi connectivity index (χ2n) is 8.76. The Morgan fingerprint density at radius 3 is 2.58 bits per heavy atom. The molecule has 0 spiro atoms. The summed E-state index contributed by atoms with van der Waals surface area (Å²) in [6, 6.07) is 12.2. The Labute approximate surface area is 181 Å². The summed E-state index contributed by atoms with van der Waals surface area (Å²) < 4.78 is 1.90. The molecular formula is C25H26N4O2. The Hall–Kier alpha value is -3.09. The number of aromatic nitrogens is 2. The number of likely N-dealkylation sites (N-methyl/N-ethyl adjacent to an activating group) is 2. The molecule has 2 aromatic carbocycles. The van der Waals surface area contributed by atoms with Gasteiger partial charge in [-0.3, -0.25) is 14.0 Å². The molecule has 5 rings (SSSR count). The van der Waals surface area contributed by atoms with E-state index < -0.39 is 5.92 Å². The van der Waals surface area contributed by atoms with Gasteiger partial charge in [0.05, 0.1) is 34.4 Å². The minimum atomic E-state index is -0.660. The van der Waals surface area contributed by atoms with Crippen molar-refractivity contribution in [2.75, 3.05) is 40.8 Å². The number of carbonyl (C=O) groups excluding carboxylic acids is 2. The van der Waals surface area contributed by atoms with Crippen molar-refractivity contribution in [3.8, 4) is 0 Å². The Morgan fingerprint density at radius 1 is 0.968 bits per heavy atom. The van der Waals surface area contributed by atoms with Gasteiger partial charge in [0.15, 0.2) is 11.6 Å². The molecule has 31 heavy (non-hydrogen) atoms. The van der Waals surface area contributed by atoms with E-state index in [0.717, 1.165) is 34.8 Å². The summed E-state index contributed by atoms with van der Waals surface area (Å²) in [5.74, 6) is -0.829. The number of nitrogens with zero attached hydrogens (tertiary/aromatic N) is 4. The summed E-state index contributed by atoms with van der Waals surface area (Å²) in [7, 11) is 6.12. The molecule has 0 radical (unpaired) electrons. The average molecular weight is 415 g/mol. The number of fused-ring (bicyclic) bond motifs is 5. The van der Waals surface area contributed by atoms with Crippen molar-refractivity contribution in [3.63, 3.8) is 0 Å². The molecule has 6 nitrogen and oxygen atoms in total. The van der Waals surface area contributed by atoms with Crippen LogP contribution in [0.15, 0.2) is 48.9 Å². The lowest BCUT2D eigenvalue weighted by Gasteiger charge is -2.24. The van der Waals surface area contributed by atoms with E-state index in [0.29, 0.717) is 29.6 Å². The SMILES string of the molecule is CN(C)CCN(C)CCC1C(=O)c2cncn3c2c(c2c4ccccc4ccc23)C1=O. The van der Waals surface area contributed by atoms with Crippen LogP contribution in [-0.4, -0.2) is 71.5 Å². The van der Waals surface area contributed by atoms with Gasteiger partial charge in [0.25, 0.3) is 0 Å². The number of carbonyl (C=O) groups is 2. The van der Waals surface area contributed by atoms with Crippen LogP contribution in [0.1, 0.15) is 27.1 Å². The molecular weight excluding hydrogens is 388 g/mol. The first kappa shape index (κ1) is 19.8. The van der Waals surface area contributed by atoms with Gasteiger partial charge in [-0.2, -0.15) is 0 Å². The van der Waals surface area contributed by atoms with Crippen molar-refractivity contribution in [2.45, 2.75) is 6.42 Å². The molecule has 1 unspecified atom stereocenters. The van der Waals surface area contributed by atoms with Crippen LogP contribution < -0.4 is 0 Å². The minimum Gasteiger partial charge on any atom is -0.308 e. The van der Waals surface area contributed by atoms with Crippen LogP contribution in [0.25, 0.3) is 27.2 Å². The first-order valence-electron chi connectivity index (χ1n) is 10.7. The lowest BCUT2D eigenvalue weighted by Crippen LogP contribution is -2.35. The number of hydrogen-bond donors (Lipinski definition) is 0. The Kier molecular flexibility index (Phi) is 4.84. The fourth-order valence-corrected chi connectivity index (χ4v) is 4.70. The molecule has 0 fully saturated rings. The third kappa shape index (κ3) is 3.14. The van der Waals surface area contributed by atoms with Crippen molar-refractivity contribution in [3.05, 3.63) is 60.0 Å². The molecule has 1 aliphatic rings. The predicted molar refractivity (Wildman–Crippen MR) is 123 cm³/mol. The number of rotatable bonds is 6. The van der Waals surface area contributed by atoms with Gasteiger partial charge in [-0.05, 0) is 50.9 Å². The van der Waals surface area contributed by atoms with Gasteiger partial charge in [-0.15, -0.1) is 0 Å². The first-order chi connectivity index (χ1) is 15.0. The zero-order valence-electron chi connectivity index (χ0n) is 18.1. The quantitative estimate of drug-likeness (QED) is 0.452. The van der Waals surface area contributed by atoms with Gasteiger partial charge >= 0.3 is 0 Å². The number of Topliss-reactive ketones (excluding diaryl/α,β-unsaturated/α-hetero) is 2. The van der Waals surface area contributed by atoms with Gasteiger partial charge in [-0.25, -0.2) is 4.98 Å². The number of hydrogen-bond acceptors (Lipinski definition) is 5. The molecule has 1 atom stereocenters. The Morgan fingerprint density at radius 2 is 1.77 bits per heavy atom. The van der Waals surface area contributed by atoms with Crippen LogP contribution in [0.4, 0.5) is 0 Å². The lowest BCUT2D eigenvalue weighted by molar-refractivity contribution is 0.0785. The fraction of sp³-hybridized carbons (Fsp3) is 0.320. The highest BCUT2D eigenvalue weighted by Gasteiger charge is 2.38. The lowest BCUT2D eigenvalue weighted by atomic mass is 9.81. The molecule has 0 N–H and O–H groups in total. The predicted octanol–water partition coefficient (Wildman–Crippen LogP) is 3.52. The van der Waals surface area contributed by atoms with Crippen LogP contribution in [0, 0.1) is 5.92 Å². The molecule has 0 saturated carbocycles. The van der Waals surface area contributed by atoms with E-state index in [1.165, 1.54) is 0 Å². The van der Waals surface area contributed by atoms with E-state index in [1.54, 1.807) is 12.5 Å². The van der Waals surface area contributed by atoms with E-state index in [1.807, 2.05) is 43.7 Å². The molecule has 6 heteroatoms. The molecule has 158 valence electrons. The molecule has 4 aromatic rings. The van der Waals surface area contributed by atoms with Crippen LogP contribution in [-0.2, 0) is 0 Å². The highest BCUT2D eigenvalue weighted by molar-refractivity contribution is 6.33. The molecule has 2 heterocycles. The van der Waals surface area contributed by atoms with Crippen LogP contribution in [0.5, 0.6) is 0 Å². The van der Waals surface area contributed by atoms with Crippen molar-refractivity contribution in [2.24, 2.45) is 5.92 Å². The summed E-state index contributed by atoms with van der Waals surface area (Å²) in [4.78, 5) is 35.7. The molecule has 1 aliphatic carbocycles. The largest absolute Gasteiger partial charge is 0.308 e. The maximum absolute atomic E-state index is 13.7. The standard InChI is InChI=1S/C25H26N4O2/c1-27(2)12-13-28(3)11-10-18-24(30)19-14-26-15-29-20-9-8-16-6-4-5-7-17(16)21(20)22(23(19)29)25(18)31/h4-9,14-15,18H,10-13H2,1-3H3. The van der Waals surface area contributed by atoms with E-state index >= 15 is 0 Å². The Bertz CT molecular complexity index is 1340. The molecule has 0 amide bonds. The van der Waals surface area contributed by atoms with Gasteiger partial charge in [0.1, 0.15) is 0 Å². The second-order valence-corrected chi connectivity index (χ2v) is 8.76. The molecule has 2 aromatic heterocycles. The third-order valence-corrected chi connectivity index (χ3v) is 6.41. The van der Waals surface area contributed by atoms with Crippen LogP contribution >= 0.6 is 0 Å². The summed E-state index contributed by atoms with van der Waals surface area (Å²) in [5.41, 5.74) is 2.85. The Balaban J connectivity index is 1.62. The smallest absolute Gasteiger partial charge is 0.177 e. The van der Waals surface area contributed by atoms with Crippen molar-refractivity contribution in [1.29, 1.82) is 0 Å². The number of ketones is 2. The summed E-state index contributed by atoms with van der Waals surface area (Å²) in [5, 5.41) is 3.05. The topological polar surface area (TPSA) is 57.9 Å². The average Bonchev–Trinajstić information content (AvgIpc) is 3.12. The zero-order chi connectivity index (χ0) is 21.7. The van der Waals surface area contributed by atoms with Crippen LogP contribution in [0.3, 0.4) is 0 Å². The van der Waals surface area contributed by atoms with E-state index in [-0.39, 0.29) is 11.6 Å². The summed E-state index contributed by atoms with van der Waals surface area (Å²) in [6.07, 6.45) is 3.84. The summed E-state index contributed by atoms with van der Waals surface area (Å²) in [6.45, 7) is 2.53. The monoisotopic (exact) mass is 414 g/mol. The van der Waals surface area contributed by atoms with Gasteiger partial charge in [-0.1, -0.05) is 30.3 Å². The van der Waals surface area contributed by atoms with Crippen molar-refractivity contribution >= 4 is 38.8 Å². The highest BCUT2D eigenvalue weighted by Crippen LogP contribution is 2.39. The van der Waals surface area contributed by atoms with E-state index in [4.69, 9.17) is 0 Å². The first-order valence-corrected chi connectivity index (χ1v) is 10.7. The second kappa shape index (κ2) is 7.55. The van der Waals surface area contributed by atoms with Gasteiger partial charge < -0.3 is 9.80 Å². The van der Waals surface area contributed by atoms with Gasteiger partial charge in [0, 0.05) is 24.7 Å². The number of benzene rings is 2. The van der Waals surface area contributed by atoms with E-state index in [9.17, 15) is 9.59 Å². The van der Waals surface area contributed by atoms with Crippen molar-refractivity contribution < 1.29 is 9.59 Å². The third-order valence-electron chi connectivity index (χ3n) is 6.41. The highest BCUT2D eigenvalue weighted by atomic mass is 16.2. The minimum absolute atomic E-state index is 0.0615. The fourth-order valence-electron chi connectivity index (χ4n) is 4.70. The summed E-state index contributed by atoms with van der Waals surface area (Å²) >= 11 is 0. The molecule has 0 saturated heterocycles. The van der Waals surface area contributed by atoms with Crippen molar-refractivity contribution in [1.82, 2.24) is 19.2 Å². The normalized spacial score (nSPS) is 16.5. The van der Waals surface area contributed by atoms with Gasteiger partial charge in [0.2, 0.25) is 0 Å². The maximum atomic E-state index is 13.7. The van der Waals surface area contributed by atoms with Crippen LogP contribution in [0.2, 0.25) is 0 Å². The molecule has 0 aliphatic heterocycles. The van der Waals surface area contributed by atoms with E-state index in [2.05, 4.69) is 33.0 Å².